The maximum Gasteiger partial charge on any atom is 0.313 e. The molecule has 2 heterocycles. The summed E-state index contributed by atoms with van der Waals surface area (Å²) in [6, 6.07) is 0.569. The Morgan fingerprint density at radius 1 is 1.56 bits per heavy atom. The number of anilines is 1. The minimum atomic E-state index is -0.416. The fourth-order valence-corrected chi connectivity index (χ4v) is 1.54. The molecule has 0 N–H and O–H groups in total. The number of rotatable bonds is 2. The van der Waals surface area contributed by atoms with E-state index in [-0.39, 0.29) is 11.9 Å². The van der Waals surface area contributed by atoms with Crippen LogP contribution in [0.4, 0.5) is 6.01 Å². The summed E-state index contributed by atoms with van der Waals surface area (Å²) >= 11 is 0. The van der Waals surface area contributed by atoms with Gasteiger partial charge in [-0.05, 0) is 20.8 Å². The van der Waals surface area contributed by atoms with Crippen LogP contribution in [-0.4, -0.2) is 29.6 Å². The van der Waals surface area contributed by atoms with E-state index >= 15 is 0 Å². The monoisotopic (exact) mass is 224 g/mol. The van der Waals surface area contributed by atoms with Gasteiger partial charge in [0, 0.05) is 13.1 Å². The van der Waals surface area contributed by atoms with Crippen LogP contribution in [0.1, 0.15) is 20.8 Å². The van der Waals surface area contributed by atoms with Gasteiger partial charge in [-0.1, -0.05) is 0 Å². The Labute approximate surface area is 94.4 Å². The molecule has 0 saturated carbocycles. The van der Waals surface area contributed by atoms with Gasteiger partial charge in [-0.2, -0.15) is 0 Å². The first kappa shape index (κ1) is 11.0. The molecule has 1 aromatic heterocycles. The summed E-state index contributed by atoms with van der Waals surface area (Å²) in [5.41, 5.74) is -0.416. The van der Waals surface area contributed by atoms with Gasteiger partial charge in [0.05, 0.1) is 12.1 Å². The zero-order valence-corrected chi connectivity index (χ0v) is 9.77. The van der Waals surface area contributed by atoms with Gasteiger partial charge in [0.15, 0.2) is 0 Å². The van der Waals surface area contributed by atoms with E-state index in [1.54, 1.807) is 6.20 Å². The average Bonchev–Trinajstić information content (AvgIpc) is 2.49. The summed E-state index contributed by atoms with van der Waals surface area (Å²) in [5, 5.41) is 0. The van der Waals surface area contributed by atoms with E-state index < -0.39 is 5.60 Å². The Balaban J connectivity index is 1.82. The highest BCUT2D eigenvalue weighted by atomic mass is 16.6. The van der Waals surface area contributed by atoms with Gasteiger partial charge in [-0.3, -0.25) is 4.79 Å². The number of ether oxygens (including phenoxy) is 1. The predicted molar refractivity (Wildman–Crippen MR) is 58.1 cm³/mol. The van der Waals surface area contributed by atoms with Crippen LogP contribution in [0.3, 0.4) is 0 Å². The summed E-state index contributed by atoms with van der Waals surface area (Å²) in [6.45, 7) is 6.85. The molecule has 0 bridgehead atoms. The van der Waals surface area contributed by atoms with Gasteiger partial charge in [-0.15, -0.1) is 0 Å². The number of aromatic nitrogens is 1. The highest BCUT2D eigenvalue weighted by Gasteiger charge is 2.37. The molecule has 2 rings (SSSR count). The molecule has 16 heavy (non-hydrogen) atoms. The first-order valence-electron chi connectivity index (χ1n) is 5.33. The third-order valence-electron chi connectivity index (χ3n) is 2.31. The Bertz CT molecular complexity index is 361. The average molecular weight is 224 g/mol. The highest BCUT2D eigenvalue weighted by molar-refractivity contribution is 5.76. The summed E-state index contributed by atoms with van der Waals surface area (Å²) in [5.74, 6) is -0.207. The van der Waals surface area contributed by atoms with Crippen LogP contribution >= 0.6 is 0 Å². The molecule has 0 radical (unpaired) electrons. The van der Waals surface area contributed by atoms with Crippen molar-refractivity contribution in [3.05, 3.63) is 12.5 Å². The molecule has 88 valence electrons. The fraction of sp³-hybridized carbons (Fsp3) is 0.636. The number of oxazole rings is 1. The second-order valence-electron chi connectivity index (χ2n) is 4.95. The van der Waals surface area contributed by atoms with Crippen LogP contribution in [0.15, 0.2) is 16.9 Å². The maximum absolute atomic E-state index is 11.7. The van der Waals surface area contributed by atoms with Crippen molar-refractivity contribution in [2.45, 2.75) is 26.4 Å². The Morgan fingerprint density at radius 2 is 2.25 bits per heavy atom. The van der Waals surface area contributed by atoms with Crippen LogP contribution < -0.4 is 4.90 Å². The van der Waals surface area contributed by atoms with Crippen molar-refractivity contribution in [1.82, 2.24) is 4.98 Å². The van der Waals surface area contributed by atoms with E-state index in [2.05, 4.69) is 4.98 Å². The van der Waals surface area contributed by atoms with E-state index in [9.17, 15) is 4.79 Å². The fourth-order valence-electron chi connectivity index (χ4n) is 1.54. The molecule has 0 aromatic carbocycles. The normalized spacial score (nSPS) is 17.1. The van der Waals surface area contributed by atoms with Gasteiger partial charge < -0.3 is 14.1 Å². The van der Waals surface area contributed by atoms with Crippen molar-refractivity contribution in [1.29, 1.82) is 0 Å². The smallest absolute Gasteiger partial charge is 0.313 e. The quantitative estimate of drug-likeness (QED) is 0.712. The second-order valence-corrected chi connectivity index (χ2v) is 4.95. The maximum atomic E-state index is 11.7. The van der Waals surface area contributed by atoms with E-state index in [1.807, 2.05) is 25.7 Å². The van der Waals surface area contributed by atoms with Gasteiger partial charge in [0.25, 0.3) is 6.01 Å². The van der Waals surface area contributed by atoms with Crippen molar-refractivity contribution in [3.63, 3.8) is 0 Å². The SMILES string of the molecule is CC(C)(C)OC(=O)C1CN(c2ncco2)C1. The van der Waals surface area contributed by atoms with Crippen LogP contribution in [-0.2, 0) is 9.53 Å². The van der Waals surface area contributed by atoms with Gasteiger partial charge in [0.2, 0.25) is 0 Å². The summed E-state index contributed by atoms with van der Waals surface area (Å²) < 4.78 is 10.4. The summed E-state index contributed by atoms with van der Waals surface area (Å²) in [4.78, 5) is 17.6. The lowest BCUT2D eigenvalue weighted by Crippen LogP contribution is -2.52. The number of carbonyl (C=O) groups excluding carboxylic acids is 1. The molecular weight excluding hydrogens is 208 g/mol. The Morgan fingerprint density at radius 3 is 2.75 bits per heavy atom. The molecule has 0 aliphatic carbocycles. The molecule has 0 atom stereocenters. The van der Waals surface area contributed by atoms with Crippen LogP contribution in [0.25, 0.3) is 0 Å². The third-order valence-corrected chi connectivity index (χ3v) is 2.31. The van der Waals surface area contributed by atoms with Crippen LogP contribution in [0, 0.1) is 5.92 Å². The van der Waals surface area contributed by atoms with Crippen LogP contribution in [0.2, 0.25) is 0 Å². The predicted octanol–water partition coefficient (Wildman–Crippen LogP) is 1.45. The second kappa shape index (κ2) is 3.81. The van der Waals surface area contributed by atoms with Gasteiger partial charge in [-0.25, -0.2) is 4.98 Å². The molecule has 1 aliphatic rings. The standard InChI is InChI=1S/C11H16N2O3/c1-11(2,3)16-9(14)8-6-13(7-8)10-12-4-5-15-10/h4-5,8H,6-7H2,1-3H3. The molecule has 1 aliphatic heterocycles. The number of carbonyl (C=O) groups is 1. The molecule has 0 spiro atoms. The van der Waals surface area contributed by atoms with E-state index in [4.69, 9.17) is 9.15 Å². The topological polar surface area (TPSA) is 55.6 Å². The number of esters is 1. The van der Waals surface area contributed by atoms with Crippen molar-refractivity contribution < 1.29 is 13.9 Å². The van der Waals surface area contributed by atoms with Crippen molar-refractivity contribution in [3.8, 4) is 0 Å². The van der Waals surface area contributed by atoms with E-state index in [1.165, 1.54) is 6.26 Å². The lowest BCUT2D eigenvalue weighted by Gasteiger charge is -2.37. The number of nitrogens with zero attached hydrogens (tertiary/aromatic N) is 2. The van der Waals surface area contributed by atoms with E-state index in [0.717, 1.165) is 0 Å². The zero-order chi connectivity index (χ0) is 11.8. The van der Waals surface area contributed by atoms with Crippen molar-refractivity contribution in [2.75, 3.05) is 18.0 Å². The lowest BCUT2D eigenvalue weighted by molar-refractivity contribution is -0.160. The Hall–Kier alpha value is -1.52. The highest BCUT2D eigenvalue weighted by Crippen LogP contribution is 2.24. The zero-order valence-electron chi connectivity index (χ0n) is 9.77. The Kier molecular flexibility index (Phi) is 2.61. The van der Waals surface area contributed by atoms with Crippen LogP contribution in [0.5, 0.6) is 0 Å². The summed E-state index contributed by atoms with van der Waals surface area (Å²) in [7, 11) is 0. The molecule has 0 amide bonds. The first-order chi connectivity index (χ1) is 7.46. The molecule has 5 nitrogen and oxygen atoms in total. The molecule has 1 saturated heterocycles. The minimum Gasteiger partial charge on any atom is -0.460 e. The van der Waals surface area contributed by atoms with Gasteiger partial charge in [0.1, 0.15) is 11.9 Å². The number of hydrogen-bond acceptors (Lipinski definition) is 5. The molecule has 1 fully saturated rings. The van der Waals surface area contributed by atoms with Crippen molar-refractivity contribution in [2.24, 2.45) is 5.92 Å². The summed E-state index contributed by atoms with van der Waals surface area (Å²) in [6.07, 6.45) is 3.12. The molecule has 1 aromatic rings. The molecule has 5 heteroatoms. The largest absolute Gasteiger partial charge is 0.460 e. The van der Waals surface area contributed by atoms with Gasteiger partial charge >= 0.3 is 5.97 Å². The van der Waals surface area contributed by atoms with E-state index in [0.29, 0.717) is 19.1 Å². The molecular formula is C11H16N2O3. The lowest BCUT2D eigenvalue weighted by atomic mass is 10.0. The molecule has 0 unspecified atom stereocenters. The minimum absolute atomic E-state index is 0.0638. The first-order valence-corrected chi connectivity index (χ1v) is 5.33. The third kappa shape index (κ3) is 2.35. The number of hydrogen-bond donors (Lipinski definition) is 0. The van der Waals surface area contributed by atoms with Crippen molar-refractivity contribution >= 4 is 12.0 Å².